The smallest absolute Gasteiger partial charge is 0.254 e. The van der Waals surface area contributed by atoms with Gasteiger partial charge in [-0.05, 0) is 35.9 Å². The van der Waals surface area contributed by atoms with Gasteiger partial charge in [-0.1, -0.05) is 52.3 Å². The molecule has 2 aromatic carbocycles. The van der Waals surface area contributed by atoms with Gasteiger partial charge in [0.05, 0.1) is 11.4 Å². The normalized spacial score (nSPS) is 16.3. The van der Waals surface area contributed by atoms with Crippen LogP contribution in [-0.2, 0) is 14.8 Å². The molecule has 0 bridgehead atoms. The number of nitrogens with one attached hydrogen (secondary N) is 1. The summed E-state index contributed by atoms with van der Waals surface area (Å²) in [5.41, 5.74) is 3.54. The van der Waals surface area contributed by atoms with Gasteiger partial charge in [-0.15, -0.1) is 0 Å². The van der Waals surface area contributed by atoms with Crippen molar-refractivity contribution in [2.24, 2.45) is 5.10 Å². The van der Waals surface area contributed by atoms with Gasteiger partial charge in [-0.25, -0.2) is 13.8 Å². The maximum Gasteiger partial charge on any atom is 0.254 e. The van der Waals surface area contributed by atoms with E-state index in [9.17, 15) is 13.2 Å². The number of benzene rings is 2. The van der Waals surface area contributed by atoms with Crippen LogP contribution in [0.15, 0.2) is 75.1 Å². The minimum absolute atomic E-state index is 0.173. The van der Waals surface area contributed by atoms with Crippen molar-refractivity contribution in [3.63, 3.8) is 0 Å². The molecule has 3 rings (SSSR count). The first kappa shape index (κ1) is 22.4. The van der Waals surface area contributed by atoms with E-state index in [0.29, 0.717) is 26.2 Å². The Bertz CT molecular complexity index is 1000. The molecule has 158 valence electrons. The number of hydrogen-bond acceptors (Lipinski definition) is 5. The number of hydrazone groups is 1. The zero-order valence-corrected chi connectivity index (χ0v) is 18.7. The number of piperazine rings is 1. The highest BCUT2D eigenvalue weighted by Crippen LogP contribution is 2.20. The van der Waals surface area contributed by atoms with E-state index >= 15 is 0 Å². The van der Waals surface area contributed by atoms with Crippen LogP contribution in [0.2, 0.25) is 0 Å². The van der Waals surface area contributed by atoms with Gasteiger partial charge in [0.25, 0.3) is 5.91 Å². The van der Waals surface area contributed by atoms with Crippen LogP contribution in [0, 0.1) is 0 Å². The van der Waals surface area contributed by atoms with Crippen molar-refractivity contribution in [1.82, 2.24) is 14.6 Å². The molecule has 0 atom stereocenters. The van der Waals surface area contributed by atoms with Crippen molar-refractivity contribution in [2.45, 2.75) is 4.90 Å². The molecule has 0 aromatic heterocycles. The Kier molecular flexibility index (Phi) is 7.92. The number of carbonyl (C=O) groups is 1. The molecule has 1 aliphatic heterocycles. The van der Waals surface area contributed by atoms with Crippen molar-refractivity contribution in [3.8, 4) is 0 Å². The molecule has 1 amide bonds. The van der Waals surface area contributed by atoms with E-state index in [1.165, 1.54) is 10.5 Å². The standard InChI is InChI=1S/C21H23BrN4O3S/c22-19-8-10-20(11-9-19)30(28,29)26-15-13-25(14-16-26)17-21(27)24-23-12-4-7-18-5-2-1-3-6-18/h1-12H,13-17H2,(H,24,27)/b7-4+,23-12+. The number of rotatable bonds is 7. The Labute approximate surface area is 185 Å². The number of nitrogens with zero attached hydrogens (tertiary/aromatic N) is 3. The molecule has 1 fully saturated rings. The molecule has 0 spiro atoms. The van der Waals surface area contributed by atoms with Crippen LogP contribution < -0.4 is 5.43 Å². The summed E-state index contributed by atoms with van der Waals surface area (Å²) >= 11 is 3.31. The minimum Gasteiger partial charge on any atom is -0.292 e. The second-order valence-electron chi connectivity index (χ2n) is 6.72. The highest BCUT2D eigenvalue weighted by atomic mass is 79.9. The van der Waals surface area contributed by atoms with Gasteiger partial charge in [0.2, 0.25) is 10.0 Å². The van der Waals surface area contributed by atoms with Crippen molar-refractivity contribution in [1.29, 1.82) is 0 Å². The van der Waals surface area contributed by atoms with Gasteiger partial charge in [-0.2, -0.15) is 9.41 Å². The third kappa shape index (κ3) is 6.33. The molecular formula is C21H23BrN4O3S. The lowest BCUT2D eigenvalue weighted by molar-refractivity contribution is -0.122. The Morgan fingerprint density at radius 1 is 1.03 bits per heavy atom. The topological polar surface area (TPSA) is 82.1 Å². The first-order chi connectivity index (χ1) is 14.4. The van der Waals surface area contributed by atoms with E-state index in [1.54, 1.807) is 30.3 Å². The van der Waals surface area contributed by atoms with Crippen LogP contribution >= 0.6 is 15.9 Å². The van der Waals surface area contributed by atoms with Crippen LogP contribution in [0.5, 0.6) is 0 Å². The number of amides is 1. The summed E-state index contributed by atoms with van der Waals surface area (Å²) in [7, 11) is -3.52. The highest BCUT2D eigenvalue weighted by Gasteiger charge is 2.28. The van der Waals surface area contributed by atoms with Crippen LogP contribution in [0.3, 0.4) is 0 Å². The molecule has 2 aromatic rings. The van der Waals surface area contributed by atoms with Crippen molar-refractivity contribution in [3.05, 3.63) is 70.7 Å². The van der Waals surface area contributed by atoms with E-state index < -0.39 is 10.0 Å². The fourth-order valence-corrected chi connectivity index (χ4v) is 4.68. The zero-order chi connectivity index (χ0) is 21.4. The number of allylic oxidation sites excluding steroid dienone is 1. The maximum absolute atomic E-state index is 12.7. The highest BCUT2D eigenvalue weighted by molar-refractivity contribution is 9.10. The van der Waals surface area contributed by atoms with Gasteiger partial charge in [0, 0.05) is 36.9 Å². The molecule has 0 radical (unpaired) electrons. The van der Waals surface area contributed by atoms with E-state index in [2.05, 4.69) is 26.5 Å². The second kappa shape index (κ2) is 10.6. The third-order valence-corrected chi connectivity index (χ3v) is 7.03. The largest absolute Gasteiger partial charge is 0.292 e. The fraction of sp³-hybridized carbons (Fsp3) is 0.238. The molecule has 0 saturated carbocycles. The lowest BCUT2D eigenvalue weighted by Gasteiger charge is -2.33. The van der Waals surface area contributed by atoms with Gasteiger partial charge in [-0.3, -0.25) is 9.69 Å². The Hall–Kier alpha value is -2.33. The average molecular weight is 491 g/mol. The number of hydrogen-bond donors (Lipinski definition) is 1. The number of halogens is 1. The molecule has 30 heavy (non-hydrogen) atoms. The third-order valence-electron chi connectivity index (χ3n) is 4.59. The summed E-state index contributed by atoms with van der Waals surface area (Å²) in [6.45, 7) is 1.83. The van der Waals surface area contributed by atoms with Crippen LogP contribution in [0.4, 0.5) is 0 Å². The maximum atomic E-state index is 12.7. The molecular weight excluding hydrogens is 468 g/mol. The first-order valence-corrected chi connectivity index (χ1v) is 11.7. The van der Waals surface area contributed by atoms with Gasteiger partial charge in [0.15, 0.2) is 0 Å². The van der Waals surface area contributed by atoms with E-state index in [4.69, 9.17) is 0 Å². The predicted octanol–water partition coefficient (Wildman–Crippen LogP) is 2.57. The van der Waals surface area contributed by atoms with E-state index in [0.717, 1.165) is 10.0 Å². The lowest BCUT2D eigenvalue weighted by Crippen LogP contribution is -2.50. The Morgan fingerprint density at radius 3 is 2.37 bits per heavy atom. The van der Waals surface area contributed by atoms with Crippen molar-refractivity contribution >= 4 is 44.2 Å². The fourth-order valence-electron chi connectivity index (χ4n) is 2.99. The SMILES string of the molecule is O=C(CN1CCN(S(=O)(=O)c2ccc(Br)cc2)CC1)N/N=C/C=C/c1ccccc1. The van der Waals surface area contributed by atoms with E-state index in [1.807, 2.05) is 41.3 Å². The van der Waals surface area contributed by atoms with Gasteiger partial charge >= 0.3 is 0 Å². The summed E-state index contributed by atoms with van der Waals surface area (Å²) in [4.78, 5) is 14.2. The lowest BCUT2D eigenvalue weighted by atomic mass is 10.2. The molecule has 7 nitrogen and oxygen atoms in total. The summed E-state index contributed by atoms with van der Waals surface area (Å²) in [5, 5.41) is 3.90. The van der Waals surface area contributed by atoms with Crippen LogP contribution in [0.25, 0.3) is 6.08 Å². The van der Waals surface area contributed by atoms with Crippen molar-refractivity contribution < 1.29 is 13.2 Å². The van der Waals surface area contributed by atoms with Gasteiger partial charge in [0.1, 0.15) is 0 Å². The zero-order valence-electron chi connectivity index (χ0n) is 16.3. The molecule has 1 N–H and O–H groups in total. The number of carbonyl (C=O) groups excluding carboxylic acids is 1. The van der Waals surface area contributed by atoms with Gasteiger partial charge < -0.3 is 0 Å². The van der Waals surface area contributed by atoms with Crippen LogP contribution in [-0.4, -0.2) is 62.5 Å². The number of sulfonamides is 1. The Balaban J connectivity index is 1.43. The Morgan fingerprint density at radius 2 is 1.70 bits per heavy atom. The molecule has 0 unspecified atom stereocenters. The quantitative estimate of drug-likeness (QED) is 0.477. The predicted molar refractivity (Wildman–Crippen MR) is 121 cm³/mol. The molecule has 0 aliphatic carbocycles. The van der Waals surface area contributed by atoms with Crippen molar-refractivity contribution in [2.75, 3.05) is 32.7 Å². The first-order valence-electron chi connectivity index (χ1n) is 9.47. The average Bonchev–Trinajstić information content (AvgIpc) is 2.75. The minimum atomic E-state index is -3.52. The second-order valence-corrected chi connectivity index (χ2v) is 9.57. The summed E-state index contributed by atoms with van der Waals surface area (Å²) in [6.07, 6.45) is 5.16. The molecule has 1 aliphatic rings. The molecule has 1 heterocycles. The summed E-state index contributed by atoms with van der Waals surface area (Å²) in [5.74, 6) is -0.233. The summed E-state index contributed by atoms with van der Waals surface area (Å²) < 4.78 is 27.7. The molecule has 1 saturated heterocycles. The molecule has 9 heteroatoms. The van der Waals surface area contributed by atoms with E-state index in [-0.39, 0.29) is 17.3 Å². The van der Waals surface area contributed by atoms with Crippen LogP contribution in [0.1, 0.15) is 5.56 Å². The monoisotopic (exact) mass is 490 g/mol. The summed E-state index contributed by atoms with van der Waals surface area (Å²) in [6, 6.07) is 16.4.